The molecule has 1 fully saturated rings. The number of aliphatic hydroxyl groups is 1. The molecule has 140 valence electrons. The maximum atomic E-state index is 9.44. The number of hydrogen-bond donors (Lipinski definition) is 2. The van der Waals surface area contributed by atoms with Crippen LogP contribution in [-0.4, -0.2) is 23.9 Å². The zero-order valence-electron chi connectivity index (χ0n) is 15.8. The van der Waals surface area contributed by atoms with E-state index < -0.39 is 0 Å². The zero-order valence-corrected chi connectivity index (χ0v) is 15.8. The van der Waals surface area contributed by atoms with Crippen molar-refractivity contribution in [1.82, 2.24) is 0 Å². The number of hydrogen-bond acceptors (Lipinski definition) is 3. The third-order valence-electron chi connectivity index (χ3n) is 5.51. The van der Waals surface area contributed by atoms with Gasteiger partial charge in [-0.25, -0.2) is 0 Å². The Balaban J connectivity index is 1.52. The molecule has 3 heteroatoms. The van der Waals surface area contributed by atoms with Gasteiger partial charge in [0.05, 0.1) is 13.2 Å². The molecule has 2 aromatic carbocycles. The molecule has 2 atom stereocenters. The van der Waals surface area contributed by atoms with Gasteiger partial charge in [-0.05, 0) is 73.3 Å². The van der Waals surface area contributed by atoms with Gasteiger partial charge in [0, 0.05) is 5.54 Å². The molecule has 0 amide bonds. The molecule has 0 saturated heterocycles. The number of aryl methyl sites for hydroxylation is 2. The van der Waals surface area contributed by atoms with Crippen LogP contribution in [0.2, 0.25) is 0 Å². The van der Waals surface area contributed by atoms with Crippen molar-refractivity contribution in [1.29, 1.82) is 0 Å². The lowest BCUT2D eigenvalue weighted by Gasteiger charge is -2.21. The molecule has 1 aliphatic rings. The molecule has 0 unspecified atom stereocenters. The summed E-state index contributed by atoms with van der Waals surface area (Å²) in [5.74, 6) is 1.44. The number of rotatable bonds is 8. The summed E-state index contributed by atoms with van der Waals surface area (Å²) in [6, 6.07) is 17.4. The lowest BCUT2D eigenvalue weighted by atomic mass is 9.92. The number of nitrogens with two attached hydrogens (primary N) is 1. The molecule has 3 rings (SSSR count). The van der Waals surface area contributed by atoms with Crippen LogP contribution in [0.25, 0.3) is 0 Å². The zero-order chi connectivity index (χ0) is 18.4. The van der Waals surface area contributed by atoms with Gasteiger partial charge in [-0.2, -0.15) is 0 Å². The largest absolute Gasteiger partial charge is 0.494 e. The van der Waals surface area contributed by atoms with Crippen LogP contribution in [0.5, 0.6) is 5.75 Å². The minimum atomic E-state index is -0.379. The molecule has 0 aliphatic heterocycles. The third-order valence-corrected chi connectivity index (χ3v) is 5.51. The van der Waals surface area contributed by atoms with Crippen molar-refractivity contribution in [3.8, 4) is 5.75 Å². The standard InChI is InChI=1S/C23H31NO2/c1-2-15-26-22-11-7-19(8-12-22)4-3-18-5-9-20(10-6-18)21-13-14-23(24,16-21)17-25/h5-12,21,25H,2-4,13-17,24H2,1H3/t21-,23-/m1/s1. The summed E-state index contributed by atoms with van der Waals surface area (Å²) in [6.45, 7) is 2.98. The smallest absolute Gasteiger partial charge is 0.119 e. The second-order valence-corrected chi connectivity index (χ2v) is 7.69. The fourth-order valence-electron chi connectivity index (χ4n) is 3.80. The van der Waals surface area contributed by atoms with Gasteiger partial charge < -0.3 is 15.6 Å². The molecule has 0 aromatic heterocycles. The monoisotopic (exact) mass is 353 g/mol. The van der Waals surface area contributed by atoms with E-state index in [2.05, 4.69) is 55.5 Å². The normalized spacial score (nSPS) is 22.5. The van der Waals surface area contributed by atoms with Gasteiger partial charge in [0.1, 0.15) is 5.75 Å². The minimum Gasteiger partial charge on any atom is -0.494 e. The number of benzene rings is 2. The summed E-state index contributed by atoms with van der Waals surface area (Å²) in [4.78, 5) is 0. The van der Waals surface area contributed by atoms with Crippen LogP contribution in [-0.2, 0) is 12.8 Å². The van der Waals surface area contributed by atoms with Crippen molar-refractivity contribution < 1.29 is 9.84 Å². The van der Waals surface area contributed by atoms with Gasteiger partial charge in [0.2, 0.25) is 0 Å². The van der Waals surface area contributed by atoms with Crippen molar-refractivity contribution in [2.45, 2.75) is 56.9 Å². The average molecular weight is 354 g/mol. The van der Waals surface area contributed by atoms with Crippen LogP contribution >= 0.6 is 0 Å². The Morgan fingerprint density at radius 1 is 1.04 bits per heavy atom. The lowest BCUT2D eigenvalue weighted by molar-refractivity contribution is 0.198. The Labute approximate surface area is 157 Å². The van der Waals surface area contributed by atoms with Crippen LogP contribution in [0.15, 0.2) is 48.5 Å². The van der Waals surface area contributed by atoms with Gasteiger partial charge in [0.25, 0.3) is 0 Å². The number of aliphatic hydroxyl groups excluding tert-OH is 1. The molecule has 0 bridgehead atoms. The lowest BCUT2D eigenvalue weighted by Crippen LogP contribution is -2.40. The first-order chi connectivity index (χ1) is 12.6. The summed E-state index contributed by atoms with van der Waals surface area (Å²) in [5, 5.41) is 9.44. The summed E-state index contributed by atoms with van der Waals surface area (Å²) >= 11 is 0. The topological polar surface area (TPSA) is 55.5 Å². The van der Waals surface area contributed by atoms with Gasteiger partial charge in [-0.15, -0.1) is 0 Å². The fourth-order valence-corrected chi connectivity index (χ4v) is 3.80. The van der Waals surface area contributed by atoms with E-state index in [1.54, 1.807) is 0 Å². The average Bonchev–Trinajstić information content (AvgIpc) is 3.09. The van der Waals surface area contributed by atoms with E-state index in [1.807, 2.05) is 0 Å². The SMILES string of the molecule is CCCOc1ccc(CCc2ccc([C@@H]3CC[C@](N)(CO)C3)cc2)cc1. The molecular weight excluding hydrogens is 322 g/mol. The Morgan fingerprint density at radius 2 is 1.65 bits per heavy atom. The van der Waals surface area contributed by atoms with E-state index in [-0.39, 0.29) is 12.1 Å². The van der Waals surface area contributed by atoms with Gasteiger partial charge in [-0.3, -0.25) is 0 Å². The van der Waals surface area contributed by atoms with Crippen LogP contribution in [0.1, 0.15) is 55.2 Å². The van der Waals surface area contributed by atoms with Crippen molar-refractivity contribution in [3.05, 3.63) is 65.2 Å². The van der Waals surface area contributed by atoms with E-state index in [0.29, 0.717) is 5.92 Å². The highest BCUT2D eigenvalue weighted by Gasteiger charge is 2.35. The third kappa shape index (κ3) is 4.87. The summed E-state index contributed by atoms with van der Waals surface area (Å²) in [5.41, 5.74) is 9.88. The quantitative estimate of drug-likeness (QED) is 0.747. The predicted octanol–water partition coefficient (Wildman–Crippen LogP) is 4.22. The molecule has 0 heterocycles. The summed E-state index contributed by atoms with van der Waals surface area (Å²) < 4.78 is 5.63. The second-order valence-electron chi connectivity index (χ2n) is 7.69. The Kier molecular flexibility index (Phi) is 6.33. The molecule has 3 nitrogen and oxygen atoms in total. The van der Waals surface area contributed by atoms with Crippen molar-refractivity contribution in [2.75, 3.05) is 13.2 Å². The van der Waals surface area contributed by atoms with Crippen LogP contribution < -0.4 is 10.5 Å². The fraction of sp³-hybridized carbons (Fsp3) is 0.478. The maximum Gasteiger partial charge on any atom is 0.119 e. The summed E-state index contributed by atoms with van der Waals surface area (Å²) in [6.07, 6.45) is 5.97. The molecule has 26 heavy (non-hydrogen) atoms. The van der Waals surface area contributed by atoms with Crippen LogP contribution in [0, 0.1) is 0 Å². The molecule has 2 aromatic rings. The van der Waals surface area contributed by atoms with Crippen molar-refractivity contribution in [2.24, 2.45) is 5.73 Å². The van der Waals surface area contributed by atoms with Gasteiger partial charge >= 0.3 is 0 Å². The highest BCUT2D eigenvalue weighted by molar-refractivity contribution is 5.30. The Morgan fingerprint density at radius 3 is 2.19 bits per heavy atom. The number of ether oxygens (including phenoxy) is 1. The first kappa shape index (κ1) is 18.9. The van der Waals surface area contributed by atoms with E-state index in [0.717, 1.165) is 50.9 Å². The molecule has 3 N–H and O–H groups in total. The van der Waals surface area contributed by atoms with E-state index in [4.69, 9.17) is 10.5 Å². The second kappa shape index (κ2) is 8.70. The van der Waals surface area contributed by atoms with E-state index in [1.165, 1.54) is 16.7 Å². The Hall–Kier alpha value is -1.84. The molecule has 0 radical (unpaired) electrons. The van der Waals surface area contributed by atoms with Gasteiger partial charge in [0.15, 0.2) is 0 Å². The highest BCUT2D eigenvalue weighted by atomic mass is 16.5. The maximum absolute atomic E-state index is 9.44. The van der Waals surface area contributed by atoms with Gasteiger partial charge in [-0.1, -0.05) is 43.3 Å². The highest BCUT2D eigenvalue weighted by Crippen LogP contribution is 2.39. The minimum absolute atomic E-state index is 0.0872. The van der Waals surface area contributed by atoms with Crippen molar-refractivity contribution >= 4 is 0 Å². The summed E-state index contributed by atoms with van der Waals surface area (Å²) in [7, 11) is 0. The Bertz CT molecular complexity index is 680. The van der Waals surface area contributed by atoms with E-state index in [9.17, 15) is 5.11 Å². The molecule has 1 saturated carbocycles. The first-order valence-corrected chi connectivity index (χ1v) is 9.82. The van der Waals surface area contributed by atoms with Crippen molar-refractivity contribution in [3.63, 3.8) is 0 Å². The van der Waals surface area contributed by atoms with E-state index >= 15 is 0 Å². The molecule has 1 aliphatic carbocycles. The molecular formula is C23H31NO2. The van der Waals surface area contributed by atoms with Crippen LogP contribution in [0.3, 0.4) is 0 Å². The van der Waals surface area contributed by atoms with Crippen LogP contribution in [0.4, 0.5) is 0 Å². The predicted molar refractivity (Wildman–Crippen MR) is 107 cm³/mol. The molecule has 0 spiro atoms. The first-order valence-electron chi connectivity index (χ1n) is 9.82.